The Morgan fingerprint density at radius 3 is 2.73 bits per heavy atom. The first-order valence-electron chi connectivity index (χ1n) is 7.55. The number of rotatable bonds is 4. The highest BCUT2D eigenvalue weighted by molar-refractivity contribution is 5.84. The van der Waals surface area contributed by atoms with Crippen molar-refractivity contribution in [1.82, 2.24) is 19.4 Å². The minimum absolute atomic E-state index is 0.147. The lowest BCUT2D eigenvalue weighted by atomic mass is 9.85. The lowest BCUT2D eigenvalue weighted by Crippen LogP contribution is -2.54. The van der Waals surface area contributed by atoms with Gasteiger partial charge in [0.25, 0.3) is 0 Å². The molecule has 3 heterocycles. The SMILES string of the molecule is CN(C)C(=O)C1(n2ccnc2)CCN(Cc2ccoc2)CC1. The molecule has 1 saturated heterocycles. The van der Waals surface area contributed by atoms with Gasteiger partial charge in [-0.2, -0.15) is 0 Å². The molecule has 3 rings (SSSR count). The largest absolute Gasteiger partial charge is 0.472 e. The highest BCUT2D eigenvalue weighted by atomic mass is 16.3. The summed E-state index contributed by atoms with van der Waals surface area (Å²) in [5, 5.41) is 0. The smallest absolute Gasteiger partial charge is 0.248 e. The quantitative estimate of drug-likeness (QED) is 0.860. The number of furan rings is 1. The lowest BCUT2D eigenvalue weighted by molar-refractivity contribution is -0.141. The van der Waals surface area contributed by atoms with Crippen LogP contribution < -0.4 is 0 Å². The Bertz CT molecular complexity index is 596. The van der Waals surface area contributed by atoms with Crippen molar-refractivity contribution < 1.29 is 9.21 Å². The molecule has 22 heavy (non-hydrogen) atoms. The molecule has 0 saturated carbocycles. The van der Waals surface area contributed by atoms with E-state index < -0.39 is 5.54 Å². The molecule has 0 radical (unpaired) electrons. The number of piperidine rings is 1. The molecule has 118 valence electrons. The van der Waals surface area contributed by atoms with Gasteiger partial charge < -0.3 is 13.9 Å². The first kappa shape index (κ1) is 14.8. The third-order valence-electron chi connectivity index (χ3n) is 4.47. The molecule has 0 bridgehead atoms. The van der Waals surface area contributed by atoms with Crippen LogP contribution in [0.2, 0.25) is 0 Å². The fourth-order valence-electron chi connectivity index (χ4n) is 3.23. The van der Waals surface area contributed by atoms with Crippen molar-refractivity contribution in [2.45, 2.75) is 24.9 Å². The Balaban J connectivity index is 1.75. The van der Waals surface area contributed by atoms with Crippen LogP contribution in [0.4, 0.5) is 0 Å². The van der Waals surface area contributed by atoms with Crippen LogP contribution in [0, 0.1) is 0 Å². The van der Waals surface area contributed by atoms with Crippen LogP contribution in [-0.4, -0.2) is 52.4 Å². The summed E-state index contributed by atoms with van der Waals surface area (Å²) in [6.07, 6.45) is 10.5. The number of amides is 1. The summed E-state index contributed by atoms with van der Waals surface area (Å²) in [6.45, 7) is 2.62. The van der Waals surface area contributed by atoms with E-state index in [0.717, 1.165) is 32.5 Å². The van der Waals surface area contributed by atoms with Crippen LogP contribution in [0.15, 0.2) is 41.7 Å². The van der Waals surface area contributed by atoms with E-state index in [1.165, 1.54) is 5.56 Å². The maximum atomic E-state index is 12.8. The van der Waals surface area contributed by atoms with Crippen LogP contribution in [0.25, 0.3) is 0 Å². The van der Waals surface area contributed by atoms with E-state index in [9.17, 15) is 4.79 Å². The zero-order valence-electron chi connectivity index (χ0n) is 13.1. The van der Waals surface area contributed by atoms with Crippen LogP contribution in [0.1, 0.15) is 18.4 Å². The molecule has 0 spiro atoms. The molecule has 6 heteroatoms. The minimum Gasteiger partial charge on any atom is -0.472 e. The Morgan fingerprint density at radius 2 is 2.18 bits per heavy atom. The Kier molecular flexibility index (Phi) is 4.02. The van der Waals surface area contributed by atoms with E-state index in [2.05, 4.69) is 9.88 Å². The van der Waals surface area contributed by atoms with Gasteiger partial charge in [-0.1, -0.05) is 0 Å². The molecule has 1 aliphatic rings. The number of imidazole rings is 1. The second-order valence-corrected chi connectivity index (χ2v) is 6.11. The number of carbonyl (C=O) groups is 1. The maximum absolute atomic E-state index is 12.8. The standard InChI is InChI=1S/C16H22N4O2/c1-18(2)15(21)16(20-9-6-17-13-20)4-7-19(8-5-16)11-14-3-10-22-12-14/h3,6,9-10,12-13H,4-5,7-8,11H2,1-2H3. The third kappa shape index (κ3) is 2.66. The maximum Gasteiger partial charge on any atom is 0.248 e. The Hall–Kier alpha value is -2.08. The summed E-state index contributed by atoms with van der Waals surface area (Å²) in [5.41, 5.74) is 0.668. The minimum atomic E-state index is -0.507. The topological polar surface area (TPSA) is 54.5 Å². The van der Waals surface area contributed by atoms with Crippen molar-refractivity contribution in [3.8, 4) is 0 Å². The molecule has 1 aliphatic heterocycles. The monoisotopic (exact) mass is 302 g/mol. The molecule has 1 fully saturated rings. The van der Waals surface area contributed by atoms with Gasteiger partial charge in [0.15, 0.2) is 0 Å². The second kappa shape index (κ2) is 5.96. The molecule has 2 aromatic heterocycles. The first-order chi connectivity index (χ1) is 10.6. The molecule has 0 N–H and O–H groups in total. The van der Waals surface area contributed by atoms with Gasteiger partial charge in [0, 0.05) is 51.7 Å². The molecular weight excluding hydrogens is 280 g/mol. The number of likely N-dealkylation sites (tertiary alicyclic amines) is 1. The van der Waals surface area contributed by atoms with E-state index >= 15 is 0 Å². The van der Waals surface area contributed by atoms with Gasteiger partial charge in [-0.25, -0.2) is 4.98 Å². The van der Waals surface area contributed by atoms with Crippen molar-refractivity contribution in [2.24, 2.45) is 0 Å². The van der Waals surface area contributed by atoms with Crippen LogP contribution >= 0.6 is 0 Å². The fraction of sp³-hybridized carbons (Fsp3) is 0.500. The molecule has 0 aromatic carbocycles. The highest BCUT2D eigenvalue weighted by Gasteiger charge is 2.43. The average Bonchev–Trinajstić information content (AvgIpc) is 3.21. The number of hydrogen-bond acceptors (Lipinski definition) is 4. The Labute approximate surface area is 130 Å². The number of hydrogen-bond donors (Lipinski definition) is 0. The molecular formula is C16H22N4O2. The Morgan fingerprint density at radius 1 is 1.41 bits per heavy atom. The van der Waals surface area contributed by atoms with Crippen molar-refractivity contribution >= 4 is 5.91 Å². The lowest BCUT2D eigenvalue weighted by Gasteiger charge is -2.42. The van der Waals surface area contributed by atoms with E-state index in [4.69, 9.17) is 4.42 Å². The van der Waals surface area contributed by atoms with E-state index in [1.54, 1.807) is 30.0 Å². The summed E-state index contributed by atoms with van der Waals surface area (Å²) < 4.78 is 7.10. The van der Waals surface area contributed by atoms with E-state index in [-0.39, 0.29) is 5.91 Å². The molecule has 0 aliphatic carbocycles. The molecule has 0 unspecified atom stereocenters. The zero-order chi connectivity index (χ0) is 15.6. The van der Waals surface area contributed by atoms with Crippen molar-refractivity contribution in [3.05, 3.63) is 42.9 Å². The van der Waals surface area contributed by atoms with Crippen molar-refractivity contribution in [3.63, 3.8) is 0 Å². The van der Waals surface area contributed by atoms with Gasteiger partial charge in [-0.3, -0.25) is 9.69 Å². The van der Waals surface area contributed by atoms with Crippen LogP contribution in [0.3, 0.4) is 0 Å². The first-order valence-corrected chi connectivity index (χ1v) is 7.55. The van der Waals surface area contributed by atoms with Gasteiger partial charge in [-0.05, 0) is 18.9 Å². The third-order valence-corrected chi connectivity index (χ3v) is 4.47. The molecule has 6 nitrogen and oxygen atoms in total. The van der Waals surface area contributed by atoms with Gasteiger partial charge in [0.1, 0.15) is 5.54 Å². The number of carbonyl (C=O) groups excluding carboxylic acids is 1. The fourth-order valence-corrected chi connectivity index (χ4v) is 3.23. The van der Waals surface area contributed by atoms with Crippen LogP contribution in [-0.2, 0) is 16.9 Å². The van der Waals surface area contributed by atoms with E-state index in [0.29, 0.717) is 0 Å². The van der Waals surface area contributed by atoms with E-state index in [1.807, 2.05) is 30.9 Å². The van der Waals surface area contributed by atoms with Gasteiger partial charge >= 0.3 is 0 Å². The molecule has 1 amide bonds. The zero-order valence-corrected chi connectivity index (χ0v) is 13.1. The predicted octanol–water partition coefficient (Wildman–Crippen LogP) is 1.56. The van der Waals surface area contributed by atoms with Gasteiger partial charge in [0.05, 0.1) is 18.9 Å². The molecule has 0 atom stereocenters. The summed E-state index contributed by atoms with van der Waals surface area (Å²) in [6, 6.07) is 1.99. The van der Waals surface area contributed by atoms with Crippen molar-refractivity contribution in [2.75, 3.05) is 27.2 Å². The number of nitrogens with zero attached hydrogens (tertiary/aromatic N) is 4. The second-order valence-electron chi connectivity index (χ2n) is 6.11. The summed E-state index contributed by atoms with van der Waals surface area (Å²) in [5.74, 6) is 0.147. The summed E-state index contributed by atoms with van der Waals surface area (Å²) in [7, 11) is 3.64. The van der Waals surface area contributed by atoms with Gasteiger partial charge in [-0.15, -0.1) is 0 Å². The highest BCUT2D eigenvalue weighted by Crippen LogP contribution is 2.32. The van der Waals surface area contributed by atoms with Crippen LogP contribution in [0.5, 0.6) is 0 Å². The average molecular weight is 302 g/mol. The summed E-state index contributed by atoms with van der Waals surface area (Å²) >= 11 is 0. The number of likely N-dealkylation sites (N-methyl/N-ethyl adjacent to an activating group) is 1. The summed E-state index contributed by atoms with van der Waals surface area (Å²) in [4.78, 5) is 21.0. The predicted molar refractivity (Wildman–Crippen MR) is 82.1 cm³/mol. The molecule has 2 aromatic rings. The normalized spacial score (nSPS) is 18.3. The van der Waals surface area contributed by atoms with Gasteiger partial charge in [0.2, 0.25) is 5.91 Å². The number of aromatic nitrogens is 2. The van der Waals surface area contributed by atoms with Crippen molar-refractivity contribution in [1.29, 1.82) is 0 Å².